The molecule has 1 aromatic carbocycles. The van der Waals surface area contributed by atoms with Crippen LogP contribution in [0.2, 0.25) is 0 Å². The third-order valence-electron chi connectivity index (χ3n) is 1.43. The quantitative estimate of drug-likeness (QED) is 0.515. The van der Waals surface area contributed by atoms with Crippen LogP contribution in [0.25, 0.3) is 0 Å². The van der Waals surface area contributed by atoms with Crippen molar-refractivity contribution in [2.45, 2.75) is 13.3 Å². The second-order valence-corrected chi connectivity index (χ2v) is 2.37. The Hall–Kier alpha value is -1.22. The fourth-order valence-corrected chi connectivity index (χ4v) is 0.824. The van der Waals surface area contributed by atoms with Crippen LogP contribution >= 0.6 is 0 Å². The van der Waals surface area contributed by atoms with Crippen molar-refractivity contribution in [3.63, 3.8) is 0 Å². The molecule has 0 aromatic heterocycles. The van der Waals surface area contributed by atoms with E-state index in [-0.39, 0.29) is 1.43 Å². The van der Waals surface area contributed by atoms with Gasteiger partial charge in [-0.2, -0.15) is 0 Å². The van der Waals surface area contributed by atoms with Gasteiger partial charge in [0.15, 0.2) is 0 Å². The molecule has 0 aliphatic rings. The Morgan fingerprint density at radius 2 is 2.00 bits per heavy atom. The van der Waals surface area contributed by atoms with Gasteiger partial charge in [0.05, 0.1) is 0 Å². The second-order valence-electron chi connectivity index (χ2n) is 2.37. The average molecular weight is 132 g/mol. The summed E-state index contributed by atoms with van der Waals surface area (Å²) in [7, 11) is 0. The van der Waals surface area contributed by atoms with Crippen LogP contribution in [0.1, 0.15) is 12.6 Å². The number of aryl methyl sites for hydroxylation is 1. The van der Waals surface area contributed by atoms with Gasteiger partial charge in [0.25, 0.3) is 0 Å². The molecule has 1 rings (SSSR count). The SMILES string of the molecule is C#CCc1ccc(C)cc1.[HH]. The van der Waals surface area contributed by atoms with Crippen LogP contribution in [-0.2, 0) is 6.42 Å². The number of rotatable bonds is 1. The van der Waals surface area contributed by atoms with Crippen LogP contribution in [0.4, 0.5) is 0 Å². The fourth-order valence-electron chi connectivity index (χ4n) is 0.824. The van der Waals surface area contributed by atoms with E-state index in [1.54, 1.807) is 0 Å². The summed E-state index contributed by atoms with van der Waals surface area (Å²) in [4.78, 5) is 0. The molecule has 52 valence electrons. The van der Waals surface area contributed by atoms with Crippen LogP contribution in [0.5, 0.6) is 0 Å². The van der Waals surface area contributed by atoms with Gasteiger partial charge in [0, 0.05) is 7.85 Å². The Morgan fingerprint density at radius 1 is 1.40 bits per heavy atom. The minimum atomic E-state index is 0. The lowest BCUT2D eigenvalue weighted by Crippen LogP contribution is -1.79. The van der Waals surface area contributed by atoms with E-state index >= 15 is 0 Å². The second kappa shape index (κ2) is 3.08. The average Bonchev–Trinajstić information content (AvgIpc) is 1.95. The summed E-state index contributed by atoms with van der Waals surface area (Å²) >= 11 is 0. The van der Waals surface area contributed by atoms with Crippen LogP contribution in [0.15, 0.2) is 24.3 Å². The molecule has 0 bridgehead atoms. The number of benzene rings is 1. The van der Waals surface area contributed by atoms with Crippen molar-refractivity contribution < 1.29 is 1.43 Å². The monoisotopic (exact) mass is 132 g/mol. The third-order valence-corrected chi connectivity index (χ3v) is 1.43. The molecule has 1 aromatic rings. The summed E-state index contributed by atoms with van der Waals surface area (Å²) in [5.74, 6) is 2.60. The maximum absolute atomic E-state index is 5.15. The van der Waals surface area contributed by atoms with Gasteiger partial charge in [-0.25, -0.2) is 0 Å². The van der Waals surface area contributed by atoms with Gasteiger partial charge >= 0.3 is 0 Å². The van der Waals surface area contributed by atoms with Gasteiger partial charge in [-0.15, -0.1) is 12.3 Å². The Labute approximate surface area is 63.4 Å². The van der Waals surface area contributed by atoms with Crippen molar-refractivity contribution in [3.8, 4) is 12.3 Å². The minimum Gasteiger partial charge on any atom is -0.120 e. The van der Waals surface area contributed by atoms with E-state index < -0.39 is 0 Å². The highest BCUT2D eigenvalue weighted by molar-refractivity contribution is 5.23. The number of hydrogen-bond acceptors (Lipinski definition) is 0. The molecule has 0 radical (unpaired) electrons. The molecule has 0 fully saturated rings. The molecule has 0 nitrogen and oxygen atoms in total. The highest BCUT2D eigenvalue weighted by Crippen LogP contribution is 2.02. The predicted octanol–water partition coefficient (Wildman–Crippen LogP) is 2.42. The highest BCUT2D eigenvalue weighted by atomic mass is 13.9. The molecule has 0 atom stereocenters. The van der Waals surface area contributed by atoms with Crippen LogP contribution in [-0.4, -0.2) is 0 Å². The van der Waals surface area contributed by atoms with Crippen LogP contribution < -0.4 is 0 Å². The van der Waals surface area contributed by atoms with Crippen molar-refractivity contribution in [1.82, 2.24) is 0 Å². The third kappa shape index (κ3) is 1.63. The molecule has 0 saturated carbocycles. The Morgan fingerprint density at radius 3 is 2.50 bits per heavy atom. The highest BCUT2D eigenvalue weighted by Gasteiger charge is 1.86. The molecule has 0 saturated heterocycles. The first-order valence-corrected chi connectivity index (χ1v) is 3.32. The van der Waals surface area contributed by atoms with E-state index in [0.717, 1.165) is 6.42 Å². The van der Waals surface area contributed by atoms with Gasteiger partial charge in [-0.1, -0.05) is 29.8 Å². The first kappa shape index (κ1) is 6.89. The Bertz CT molecular complexity index is 241. The smallest absolute Gasteiger partial charge is 0.0337 e. The van der Waals surface area contributed by atoms with Crippen molar-refractivity contribution in [2.24, 2.45) is 0 Å². The van der Waals surface area contributed by atoms with E-state index in [4.69, 9.17) is 6.42 Å². The van der Waals surface area contributed by atoms with E-state index in [0.29, 0.717) is 0 Å². The van der Waals surface area contributed by atoms with Gasteiger partial charge in [0.2, 0.25) is 0 Å². The van der Waals surface area contributed by atoms with Crippen molar-refractivity contribution >= 4 is 0 Å². The van der Waals surface area contributed by atoms with Crippen LogP contribution in [0.3, 0.4) is 0 Å². The lowest BCUT2D eigenvalue weighted by Gasteiger charge is -1.94. The summed E-state index contributed by atoms with van der Waals surface area (Å²) in [6, 6.07) is 8.28. The van der Waals surface area contributed by atoms with Crippen molar-refractivity contribution in [3.05, 3.63) is 35.4 Å². The zero-order valence-corrected chi connectivity index (χ0v) is 6.09. The molecule has 0 heterocycles. The molecule has 0 aliphatic carbocycles. The van der Waals surface area contributed by atoms with Crippen LogP contribution in [0, 0.1) is 19.3 Å². The van der Waals surface area contributed by atoms with Gasteiger partial charge < -0.3 is 0 Å². The number of hydrogen-bond donors (Lipinski definition) is 0. The number of terminal acetylenes is 1. The normalized spacial score (nSPS) is 8.80. The molecule has 10 heavy (non-hydrogen) atoms. The molecule has 0 heteroatoms. The van der Waals surface area contributed by atoms with Gasteiger partial charge in [0.1, 0.15) is 0 Å². The maximum atomic E-state index is 5.15. The zero-order chi connectivity index (χ0) is 7.40. The lowest BCUT2D eigenvalue weighted by atomic mass is 10.1. The predicted molar refractivity (Wildman–Crippen MR) is 45.8 cm³/mol. The fraction of sp³-hybridized carbons (Fsp3) is 0.200. The Kier molecular flexibility index (Phi) is 2.12. The summed E-state index contributed by atoms with van der Waals surface area (Å²) in [6.45, 7) is 2.07. The zero-order valence-electron chi connectivity index (χ0n) is 6.09. The standard InChI is InChI=1S/C10H10.H2/c1-3-4-10-7-5-9(2)6-8-10;/h1,5-8H,4H2,2H3;1H. The molecule has 0 N–H and O–H groups in total. The van der Waals surface area contributed by atoms with E-state index in [9.17, 15) is 0 Å². The molecule has 0 amide bonds. The Balaban J connectivity index is 0.000001000. The molecule has 0 aliphatic heterocycles. The molecular weight excluding hydrogens is 120 g/mol. The largest absolute Gasteiger partial charge is 0.120 e. The van der Waals surface area contributed by atoms with E-state index in [1.807, 2.05) is 0 Å². The first-order chi connectivity index (χ1) is 4.83. The van der Waals surface area contributed by atoms with E-state index in [1.165, 1.54) is 11.1 Å². The van der Waals surface area contributed by atoms with E-state index in [2.05, 4.69) is 37.1 Å². The first-order valence-electron chi connectivity index (χ1n) is 3.32. The van der Waals surface area contributed by atoms with Crippen molar-refractivity contribution in [1.29, 1.82) is 0 Å². The van der Waals surface area contributed by atoms with Gasteiger partial charge in [-0.3, -0.25) is 0 Å². The minimum absolute atomic E-state index is 0. The summed E-state index contributed by atoms with van der Waals surface area (Å²) < 4.78 is 0. The summed E-state index contributed by atoms with van der Waals surface area (Å²) in [5, 5.41) is 0. The van der Waals surface area contributed by atoms with Gasteiger partial charge in [-0.05, 0) is 12.5 Å². The topological polar surface area (TPSA) is 0 Å². The maximum Gasteiger partial charge on any atom is 0.0337 e. The summed E-state index contributed by atoms with van der Waals surface area (Å²) in [5.41, 5.74) is 2.49. The summed E-state index contributed by atoms with van der Waals surface area (Å²) in [6.07, 6.45) is 5.88. The lowest BCUT2D eigenvalue weighted by molar-refractivity contribution is 1.30. The van der Waals surface area contributed by atoms with Crippen molar-refractivity contribution in [2.75, 3.05) is 0 Å². The molecule has 0 spiro atoms. The molecule has 0 unspecified atom stereocenters. The molecular formula is C10H12.